The van der Waals surface area contributed by atoms with Crippen LogP contribution in [0.1, 0.15) is 50.4 Å². The molecule has 102 valence electrons. The average molecular weight is 378 g/mol. The third-order valence-electron chi connectivity index (χ3n) is 4.19. The first-order chi connectivity index (χ1) is 8.62. The van der Waals surface area contributed by atoms with Gasteiger partial charge in [-0.1, -0.05) is 35.2 Å². The maximum atomic E-state index is 4.61. The lowest BCUT2D eigenvalue weighted by molar-refractivity contribution is 0.218. The van der Waals surface area contributed by atoms with Gasteiger partial charge in [0.05, 0.1) is 15.9 Å². The first-order valence-electron chi connectivity index (χ1n) is 6.89. The molecule has 1 aliphatic rings. The second-order valence-corrected chi connectivity index (χ2v) is 6.89. The molecule has 0 amide bonds. The van der Waals surface area contributed by atoms with E-state index < -0.39 is 0 Å². The van der Waals surface area contributed by atoms with Crippen molar-refractivity contribution >= 4 is 31.9 Å². The Bertz CT molecular complexity index is 406. The minimum Gasteiger partial charge on any atom is -0.268 e. The highest BCUT2D eigenvalue weighted by atomic mass is 79.9. The third kappa shape index (κ3) is 2.84. The number of alkyl halides is 1. The van der Waals surface area contributed by atoms with Crippen LogP contribution < -0.4 is 0 Å². The van der Waals surface area contributed by atoms with Crippen LogP contribution in [0, 0.1) is 12.3 Å². The number of nitrogens with zero attached hydrogens (tertiary/aromatic N) is 2. The molecule has 1 aromatic rings. The zero-order valence-electron chi connectivity index (χ0n) is 11.3. The highest BCUT2D eigenvalue weighted by Crippen LogP contribution is 2.42. The molecule has 2 nitrogen and oxygen atoms in total. The van der Waals surface area contributed by atoms with Crippen molar-refractivity contribution in [1.82, 2.24) is 9.78 Å². The van der Waals surface area contributed by atoms with Crippen LogP contribution >= 0.6 is 31.9 Å². The van der Waals surface area contributed by atoms with Crippen molar-refractivity contribution in [3.05, 3.63) is 15.9 Å². The lowest BCUT2D eigenvalue weighted by Gasteiger charge is -2.36. The van der Waals surface area contributed by atoms with E-state index in [-0.39, 0.29) is 0 Å². The molecule has 1 saturated carbocycles. The van der Waals surface area contributed by atoms with Crippen molar-refractivity contribution in [2.75, 3.05) is 5.33 Å². The molecule has 0 saturated heterocycles. The summed E-state index contributed by atoms with van der Waals surface area (Å²) >= 11 is 7.48. The standard InChI is InChI=1S/C14H22Br2N2/c1-3-18-12(13(16)11(2)17-18)9-14(10-15)7-5-4-6-8-14/h3-10H2,1-2H3. The van der Waals surface area contributed by atoms with E-state index in [0.29, 0.717) is 5.41 Å². The van der Waals surface area contributed by atoms with Crippen molar-refractivity contribution in [2.45, 2.75) is 58.9 Å². The molecule has 0 aromatic carbocycles. The maximum Gasteiger partial charge on any atom is 0.0738 e. The summed E-state index contributed by atoms with van der Waals surface area (Å²) in [4.78, 5) is 0. The predicted octanol–water partition coefficient (Wildman–Crippen LogP) is 4.86. The smallest absolute Gasteiger partial charge is 0.0738 e. The Balaban J connectivity index is 2.26. The van der Waals surface area contributed by atoms with E-state index in [9.17, 15) is 0 Å². The normalized spacial score (nSPS) is 19.1. The molecule has 2 rings (SSSR count). The Morgan fingerprint density at radius 3 is 2.50 bits per heavy atom. The van der Waals surface area contributed by atoms with Crippen LogP contribution in [0.25, 0.3) is 0 Å². The van der Waals surface area contributed by atoms with Crippen molar-refractivity contribution in [1.29, 1.82) is 0 Å². The van der Waals surface area contributed by atoms with Crippen molar-refractivity contribution in [2.24, 2.45) is 5.41 Å². The Labute approximate surface area is 127 Å². The highest BCUT2D eigenvalue weighted by Gasteiger charge is 2.33. The molecule has 1 aliphatic carbocycles. The molecule has 0 atom stereocenters. The van der Waals surface area contributed by atoms with E-state index in [4.69, 9.17) is 0 Å². The Morgan fingerprint density at radius 1 is 1.28 bits per heavy atom. The molecular weight excluding hydrogens is 356 g/mol. The summed E-state index contributed by atoms with van der Waals surface area (Å²) in [6, 6.07) is 0. The minimum absolute atomic E-state index is 0.445. The van der Waals surface area contributed by atoms with Crippen LogP contribution in [-0.2, 0) is 13.0 Å². The summed E-state index contributed by atoms with van der Waals surface area (Å²) in [5.74, 6) is 0. The predicted molar refractivity (Wildman–Crippen MR) is 83.4 cm³/mol. The molecule has 0 N–H and O–H groups in total. The zero-order valence-corrected chi connectivity index (χ0v) is 14.5. The Hall–Kier alpha value is 0.170. The molecule has 0 bridgehead atoms. The van der Waals surface area contributed by atoms with Gasteiger partial charge < -0.3 is 0 Å². The van der Waals surface area contributed by atoms with Crippen LogP contribution in [-0.4, -0.2) is 15.1 Å². The van der Waals surface area contributed by atoms with Gasteiger partial charge in [-0.25, -0.2) is 0 Å². The van der Waals surface area contributed by atoms with Gasteiger partial charge in [0.2, 0.25) is 0 Å². The summed E-state index contributed by atoms with van der Waals surface area (Å²) in [6.07, 6.45) is 8.00. The largest absolute Gasteiger partial charge is 0.268 e. The fraction of sp³-hybridized carbons (Fsp3) is 0.786. The summed E-state index contributed by atoms with van der Waals surface area (Å²) < 4.78 is 3.38. The fourth-order valence-corrected chi connectivity index (χ4v) is 4.24. The molecule has 4 heteroatoms. The summed E-state index contributed by atoms with van der Waals surface area (Å²) in [7, 11) is 0. The molecule has 0 spiro atoms. The SMILES string of the molecule is CCn1nc(C)c(Br)c1CC1(CBr)CCCCC1. The summed E-state index contributed by atoms with van der Waals surface area (Å²) in [5.41, 5.74) is 2.95. The summed E-state index contributed by atoms with van der Waals surface area (Å²) in [5, 5.41) is 5.73. The average Bonchev–Trinajstić information content (AvgIpc) is 2.67. The molecule has 0 unspecified atom stereocenters. The molecule has 0 radical (unpaired) electrons. The second kappa shape index (κ2) is 6.08. The number of hydrogen-bond acceptors (Lipinski definition) is 1. The Morgan fingerprint density at radius 2 is 1.94 bits per heavy atom. The number of aromatic nitrogens is 2. The molecule has 1 heterocycles. The van der Waals surface area contributed by atoms with Gasteiger partial charge in [-0.15, -0.1) is 0 Å². The van der Waals surface area contributed by atoms with Gasteiger partial charge in [-0.05, 0) is 54.5 Å². The molecule has 1 fully saturated rings. The zero-order chi connectivity index (χ0) is 13.2. The lowest BCUT2D eigenvalue weighted by atomic mass is 9.72. The van der Waals surface area contributed by atoms with Crippen LogP contribution in [0.3, 0.4) is 0 Å². The third-order valence-corrected chi connectivity index (χ3v) is 6.41. The highest BCUT2D eigenvalue weighted by molar-refractivity contribution is 9.10. The molecular formula is C14H22Br2N2. The van der Waals surface area contributed by atoms with Crippen LogP contribution in [0.4, 0.5) is 0 Å². The molecule has 1 aromatic heterocycles. The maximum absolute atomic E-state index is 4.61. The lowest BCUT2D eigenvalue weighted by Crippen LogP contribution is -2.29. The van der Waals surface area contributed by atoms with Gasteiger partial charge in [-0.3, -0.25) is 4.68 Å². The molecule has 0 aliphatic heterocycles. The minimum atomic E-state index is 0.445. The van der Waals surface area contributed by atoms with E-state index in [1.54, 1.807) is 0 Å². The first-order valence-corrected chi connectivity index (χ1v) is 8.81. The number of hydrogen-bond donors (Lipinski definition) is 0. The van der Waals surface area contributed by atoms with Gasteiger partial charge in [-0.2, -0.15) is 5.10 Å². The van der Waals surface area contributed by atoms with Gasteiger partial charge >= 0.3 is 0 Å². The van der Waals surface area contributed by atoms with Crippen LogP contribution in [0.15, 0.2) is 4.47 Å². The Kier molecular flexibility index (Phi) is 4.92. The van der Waals surface area contributed by atoms with Gasteiger partial charge in [0, 0.05) is 11.9 Å². The van der Waals surface area contributed by atoms with Crippen LogP contribution in [0.2, 0.25) is 0 Å². The van der Waals surface area contributed by atoms with Crippen LogP contribution in [0.5, 0.6) is 0 Å². The second-order valence-electron chi connectivity index (χ2n) is 5.53. The van der Waals surface area contributed by atoms with Gasteiger partial charge in [0.1, 0.15) is 0 Å². The van der Waals surface area contributed by atoms with E-state index in [1.165, 1.54) is 42.3 Å². The quantitative estimate of drug-likeness (QED) is 0.685. The van der Waals surface area contributed by atoms with Crippen molar-refractivity contribution in [3.8, 4) is 0 Å². The van der Waals surface area contributed by atoms with E-state index in [1.807, 2.05) is 0 Å². The summed E-state index contributed by atoms with van der Waals surface area (Å²) in [6.45, 7) is 5.21. The van der Waals surface area contributed by atoms with Gasteiger partial charge in [0.25, 0.3) is 0 Å². The monoisotopic (exact) mass is 376 g/mol. The molecule has 18 heavy (non-hydrogen) atoms. The van der Waals surface area contributed by atoms with E-state index in [0.717, 1.165) is 24.0 Å². The number of rotatable bonds is 4. The van der Waals surface area contributed by atoms with E-state index in [2.05, 4.69) is 55.5 Å². The van der Waals surface area contributed by atoms with Crippen molar-refractivity contribution in [3.63, 3.8) is 0 Å². The van der Waals surface area contributed by atoms with E-state index >= 15 is 0 Å². The fourth-order valence-electron chi connectivity index (χ4n) is 3.05. The number of halogens is 2. The number of aryl methyl sites for hydroxylation is 2. The topological polar surface area (TPSA) is 17.8 Å². The first kappa shape index (κ1) is 14.6. The van der Waals surface area contributed by atoms with Crippen molar-refractivity contribution < 1.29 is 0 Å². The van der Waals surface area contributed by atoms with Gasteiger partial charge in [0.15, 0.2) is 0 Å².